The number of alkyl halides is 3. The van der Waals surface area contributed by atoms with Crippen LogP contribution in [0.5, 0.6) is 0 Å². The largest absolute Gasteiger partial charge is 0.408 e. The molecule has 0 N–H and O–H groups in total. The average molecular weight is 333 g/mol. The monoisotopic (exact) mass is 333 g/mol. The number of rotatable bonds is 4. The predicted molar refractivity (Wildman–Crippen MR) is 72.2 cm³/mol. The van der Waals surface area contributed by atoms with Gasteiger partial charge in [0.2, 0.25) is 0 Å². The molecule has 0 bridgehead atoms. The van der Waals surface area contributed by atoms with Gasteiger partial charge in [0.1, 0.15) is 12.6 Å². The van der Waals surface area contributed by atoms with Crippen LogP contribution in [0, 0.1) is 0 Å². The molecule has 1 saturated heterocycles. The fourth-order valence-corrected chi connectivity index (χ4v) is 3.09. The zero-order valence-corrected chi connectivity index (χ0v) is 12.3. The van der Waals surface area contributed by atoms with Crippen molar-refractivity contribution >= 4 is 11.3 Å². The molecule has 3 rings (SSSR count). The van der Waals surface area contributed by atoms with E-state index in [9.17, 15) is 13.2 Å². The number of tetrazole rings is 1. The van der Waals surface area contributed by atoms with Crippen LogP contribution in [0.25, 0.3) is 0 Å². The molecule has 0 spiro atoms. The van der Waals surface area contributed by atoms with E-state index in [0.717, 1.165) is 9.56 Å². The molecule has 0 saturated carbocycles. The molecule has 10 heteroatoms. The molecule has 2 aromatic heterocycles. The van der Waals surface area contributed by atoms with Crippen molar-refractivity contribution in [3.8, 4) is 0 Å². The summed E-state index contributed by atoms with van der Waals surface area (Å²) in [5, 5.41) is 12.4. The molecule has 0 unspecified atom stereocenters. The Kier molecular flexibility index (Phi) is 4.41. The molecule has 1 aliphatic rings. The Morgan fingerprint density at radius 3 is 3.00 bits per heavy atom. The summed E-state index contributed by atoms with van der Waals surface area (Å²) in [7, 11) is 0. The molecule has 0 aliphatic carbocycles. The number of morpholine rings is 1. The molecule has 6 nitrogen and oxygen atoms in total. The van der Waals surface area contributed by atoms with Gasteiger partial charge in [-0.25, -0.2) is 4.68 Å². The van der Waals surface area contributed by atoms with Crippen molar-refractivity contribution in [2.45, 2.75) is 25.4 Å². The number of hydrogen-bond donors (Lipinski definition) is 0. The van der Waals surface area contributed by atoms with Crippen LogP contribution in [0.1, 0.15) is 16.8 Å². The van der Waals surface area contributed by atoms with E-state index in [2.05, 4.69) is 15.5 Å². The Bertz CT molecular complexity index is 600. The van der Waals surface area contributed by atoms with Crippen LogP contribution >= 0.6 is 11.3 Å². The minimum absolute atomic E-state index is 0.0549. The van der Waals surface area contributed by atoms with E-state index in [-0.39, 0.29) is 18.5 Å². The lowest BCUT2D eigenvalue weighted by atomic mass is 10.2. The normalized spacial score (nSPS) is 20.4. The summed E-state index contributed by atoms with van der Waals surface area (Å²) in [5.74, 6) is 0.212. The second-order valence-corrected chi connectivity index (χ2v) is 5.96. The highest BCUT2D eigenvalue weighted by Gasteiger charge is 2.31. The minimum atomic E-state index is -4.34. The van der Waals surface area contributed by atoms with Crippen molar-refractivity contribution in [1.29, 1.82) is 0 Å². The first-order valence-corrected chi connectivity index (χ1v) is 7.58. The maximum atomic E-state index is 12.5. The lowest BCUT2D eigenvalue weighted by Gasteiger charge is -2.32. The smallest absolute Gasteiger partial charge is 0.370 e. The Hall–Kier alpha value is -1.52. The fourth-order valence-electron chi connectivity index (χ4n) is 2.32. The molecular formula is C12H14F3N5OS. The maximum Gasteiger partial charge on any atom is 0.408 e. The molecule has 1 aliphatic heterocycles. The van der Waals surface area contributed by atoms with Crippen LogP contribution in [0.15, 0.2) is 17.5 Å². The summed E-state index contributed by atoms with van der Waals surface area (Å²) in [5.41, 5.74) is 0. The third kappa shape index (κ3) is 3.81. The van der Waals surface area contributed by atoms with Gasteiger partial charge >= 0.3 is 6.18 Å². The third-order valence-corrected chi connectivity index (χ3v) is 4.28. The summed E-state index contributed by atoms with van der Waals surface area (Å²) < 4.78 is 43.9. The minimum Gasteiger partial charge on any atom is -0.370 e. The number of halogens is 3. The lowest BCUT2D eigenvalue weighted by molar-refractivity contribution is -0.143. The zero-order chi connectivity index (χ0) is 15.6. The highest BCUT2D eigenvalue weighted by atomic mass is 32.1. The van der Waals surface area contributed by atoms with Gasteiger partial charge in [0.05, 0.1) is 13.2 Å². The molecule has 1 fully saturated rings. The maximum absolute atomic E-state index is 12.5. The standard InChI is InChI=1S/C12H14F3N5OS/c13-12(14,15)8-20-11(16-17-18-20)7-19-3-4-21-9(6-19)10-2-1-5-22-10/h1-2,5,9H,3-4,6-8H2/t9-/m0/s1. The second kappa shape index (κ2) is 6.31. The van der Waals surface area contributed by atoms with Crippen LogP contribution in [-0.2, 0) is 17.8 Å². The Morgan fingerprint density at radius 1 is 1.41 bits per heavy atom. The van der Waals surface area contributed by atoms with Crippen LogP contribution < -0.4 is 0 Å². The molecule has 120 valence electrons. The summed E-state index contributed by atoms with van der Waals surface area (Å²) in [4.78, 5) is 3.12. The Morgan fingerprint density at radius 2 is 2.27 bits per heavy atom. The number of hydrogen-bond acceptors (Lipinski definition) is 6. The first-order valence-electron chi connectivity index (χ1n) is 6.70. The number of thiophene rings is 1. The van der Waals surface area contributed by atoms with Gasteiger partial charge in [-0.1, -0.05) is 6.07 Å². The van der Waals surface area contributed by atoms with Crippen LogP contribution in [0.3, 0.4) is 0 Å². The average Bonchev–Trinajstić information content (AvgIpc) is 3.10. The quantitative estimate of drug-likeness (QED) is 0.855. The van der Waals surface area contributed by atoms with Crippen molar-refractivity contribution in [3.05, 3.63) is 28.2 Å². The molecule has 1 atom stereocenters. The molecule has 22 heavy (non-hydrogen) atoms. The zero-order valence-electron chi connectivity index (χ0n) is 11.5. The van der Waals surface area contributed by atoms with E-state index in [0.29, 0.717) is 19.7 Å². The van der Waals surface area contributed by atoms with Gasteiger partial charge < -0.3 is 4.74 Å². The van der Waals surface area contributed by atoms with E-state index in [1.54, 1.807) is 11.3 Å². The van der Waals surface area contributed by atoms with Crippen LogP contribution in [0.2, 0.25) is 0 Å². The van der Waals surface area contributed by atoms with Gasteiger partial charge in [0.25, 0.3) is 0 Å². The number of nitrogens with zero attached hydrogens (tertiary/aromatic N) is 5. The molecule has 0 aromatic carbocycles. The molecule has 2 aromatic rings. The molecular weight excluding hydrogens is 319 g/mol. The highest BCUT2D eigenvalue weighted by molar-refractivity contribution is 7.10. The molecule has 3 heterocycles. The first kappa shape index (κ1) is 15.4. The van der Waals surface area contributed by atoms with Crippen molar-refractivity contribution in [1.82, 2.24) is 25.1 Å². The van der Waals surface area contributed by atoms with Gasteiger partial charge in [0, 0.05) is 18.0 Å². The van der Waals surface area contributed by atoms with Gasteiger partial charge in [-0.3, -0.25) is 4.90 Å². The molecule has 0 amide bonds. The van der Waals surface area contributed by atoms with E-state index in [1.807, 2.05) is 22.4 Å². The molecule has 0 radical (unpaired) electrons. The van der Waals surface area contributed by atoms with Gasteiger partial charge in [-0.2, -0.15) is 13.2 Å². The number of aromatic nitrogens is 4. The number of ether oxygens (including phenoxy) is 1. The summed E-state index contributed by atoms with van der Waals surface area (Å²) >= 11 is 1.60. The van der Waals surface area contributed by atoms with E-state index >= 15 is 0 Å². The van der Waals surface area contributed by atoms with Gasteiger partial charge in [-0.15, -0.1) is 16.4 Å². The topological polar surface area (TPSA) is 56.1 Å². The predicted octanol–water partition coefficient (Wildman–Crippen LogP) is 1.87. The summed E-state index contributed by atoms with van der Waals surface area (Å²) in [6.45, 7) is 0.881. The van der Waals surface area contributed by atoms with Gasteiger partial charge in [-0.05, 0) is 21.9 Å². The third-order valence-electron chi connectivity index (χ3n) is 3.31. The Balaban J connectivity index is 1.65. The van der Waals surface area contributed by atoms with E-state index in [1.165, 1.54) is 0 Å². The van der Waals surface area contributed by atoms with Crippen molar-refractivity contribution in [2.75, 3.05) is 19.7 Å². The summed E-state index contributed by atoms with van der Waals surface area (Å²) in [6, 6.07) is 3.94. The highest BCUT2D eigenvalue weighted by Crippen LogP contribution is 2.26. The first-order chi connectivity index (χ1) is 10.5. The van der Waals surface area contributed by atoms with Crippen molar-refractivity contribution in [3.63, 3.8) is 0 Å². The van der Waals surface area contributed by atoms with Crippen molar-refractivity contribution < 1.29 is 17.9 Å². The van der Waals surface area contributed by atoms with E-state index in [4.69, 9.17) is 4.74 Å². The SMILES string of the molecule is FC(F)(F)Cn1nnnc1CN1CCO[C@H](c2cccs2)C1. The Labute approximate surface area is 128 Å². The lowest BCUT2D eigenvalue weighted by Crippen LogP contribution is -2.38. The van der Waals surface area contributed by atoms with E-state index < -0.39 is 12.7 Å². The van der Waals surface area contributed by atoms with Crippen LogP contribution in [0.4, 0.5) is 13.2 Å². The fraction of sp³-hybridized carbons (Fsp3) is 0.583. The second-order valence-electron chi connectivity index (χ2n) is 4.98. The summed E-state index contributed by atoms with van der Waals surface area (Å²) in [6.07, 6.45) is -4.39. The van der Waals surface area contributed by atoms with Gasteiger partial charge in [0.15, 0.2) is 5.82 Å². The van der Waals surface area contributed by atoms with Crippen molar-refractivity contribution in [2.24, 2.45) is 0 Å². The van der Waals surface area contributed by atoms with Crippen LogP contribution in [-0.4, -0.2) is 51.0 Å².